The van der Waals surface area contributed by atoms with E-state index in [-0.39, 0.29) is 50.1 Å². The molecular weight excluding hydrogens is 688 g/mol. The lowest BCUT2D eigenvalue weighted by molar-refractivity contribution is -0.135. The lowest BCUT2D eigenvalue weighted by atomic mass is 9.98. The molecule has 8 N–H and O–H groups in total. The zero-order valence-electron chi connectivity index (χ0n) is 31.9. The minimum Gasteiger partial charge on any atom is -0.370 e. The number of nitrogens with one attached hydrogen (secondary N) is 6. The van der Waals surface area contributed by atoms with Gasteiger partial charge >= 0.3 is 0 Å². The average Bonchev–Trinajstić information content (AvgIpc) is 3.52. The van der Waals surface area contributed by atoms with Gasteiger partial charge in [-0.2, -0.15) is 0 Å². The van der Waals surface area contributed by atoms with Gasteiger partial charge in [0, 0.05) is 48.9 Å². The van der Waals surface area contributed by atoms with Crippen molar-refractivity contribution >= 4 is 46.3 Å². The van der Waals surface area contributed by atoms with E-state index in [1.165, 1.54) is 0 Å². The Morgan fingerprint density at radius 2 is 1.37 bits per heavy atom. The van der Waals surface area contributed by atoms with Crippen LogP contribution in [0.3, 0.4) is 0 Å². The highest BCUT2D eigenvalue weighted by Gasteiger charge is 2.34. The number of benzene rings is 2. The van der Waals surface area contributed by atoms with Crippen molar-refractivity contribution in [3.05, 3.63) is 71.9 Å². The number of nitrogens with zero attached hydrogens (tertiary/aromatic N) is 1. The highest BCUT2D eigenvalue weighted by atomic mass is 16.2. The van der Waals surface area contributed by atoms with Crippen LogP contribution in [0.1, 0.15) is 64.5 Å². The summed E-state index contributed by atoms with van der Waals surface area (Å²) in [6.45, 7) is 8.02. The van der Waals surface area contributed by atoms with Crippen LogP contribution in [0.5, 0.6) is 0 Å². The SMILES string of the molecule is CC(C)CC1CN(C)[C@@H](CC(C)C)C(=O)N[C@@H](CCC(N)=O)C(=O)N[C@@H](Cc2c[nH]c3ccccc23)C(=O)N[C@@H](Cc2ccccc2)C(=O)NCC(=O)N1. The fourth-order valence-electron chi connectivity index (χ4n) is 6.88. The number of fused-ring (bicyclic) bond motifs is 1. The number of hydrogen-bond donors (Lipinski definition) is 7. The third-order valence-corrected chi connectivity index (χ3v) is 9.54. The van der Waals surface area contributed by atoms with Gasteiger partial charge in [0.1, 0.15) is 18.1 Å². The molecule has 0 saturated carbocycles. The van der Waals surface area contributed by atoms with Crippen LogP contribution >= 0.6 is 0 Å². The maximum absolute atomic E-state index is 14.3. The first-order chi connectivity index (χ1) is 25.7. The van der Waals surface area contributed by atoms with Gasteiger partial charge in [0.25, 0.3) is 0 Å². The topological polar surface area (TPSA) is 208 Å². The molecule has 1 aliphatic heterocycles. The van der Waals surface area contributed by atoms with Gasteiger partial charge in [-0.05, 0) is 55.3 Å². The fourth-order valence-corrected chi connectivity index (χ4v) is 6.88. The highest BCUT2D eigenvalue weighted by molar-refractivity contribution is 5.96. The number of para-hydroxylation sites is 1. The van der Waals surface area contributed by atoms with Crippen LogP contribution in [0, 0.1) is 11.8 Å². The third-order valence-electron chi connectivity index (χ3n) is 9.54. The Labute approximate surface area is 317 Å². The van der Waals surface area contributed by atoms with Crippen LogP contribution in [0.2, 0.25) is 0 Å². The van der Waals surface area contributed by atoms with E-state index in [1.54, 1.807) is 13.2 Å². The Balaban J connectivity index is 1.75. The summed E-state index contributed by atoms with van der Waals surface area (Å²) in [7, 11) is 1.79. The Hall–Kier alpha value is -5.24. The first-order valence-corrected chi connectivity index (χ1v) is 18.8. The summed E-state index contributed by atoms with van der Waals surface area (Å²) in [5.41, 5.74) is 7.84. The molecule has 14 nitrogen and oxygen atoms in total. The lowest BCUT2D eigenvalue weighted by Crippen LogP contribution is -2.60. The van der Waals surface area contributed by atoms with E-state index in [0.29, 0.717) is 19.4 Å². The number of likely N-dealkylation sites (N-methyl/N-ethyl adjacent to an activating group) is 1. The van der Waals surface area contributed by atoms with E-state index in [2.05, 4.69) is 31.6 Å². The minimum atomic E-state index is -1.21. The second-order valence-electron chi connectivity index (χ2n) is 15.1. The molecule has 2 aromatic carbocycles. The Morgan fingerprint density at radius 1 is 0.759 bits per heavy atom. The molecule has 0 aliphatic carbocycles. The van der Waals surface area contributed by atoms with Gasteiger partial charge in [0.15, 0.2) is 0 Å². The molecule has 1 aromatic heterocycles. The number of rotatable bonds is 11. The fraction of sp³-hybridized carbons (Fsp3) is 0.500. The summed E-state index contributed by atoms with van der Waals surface area (Å²) < 4.78 is 0. The maximum atomic E-state index is 14.3. The van der Waals surface area contributed by atoms with Crippen LogP contribution in [0.25, 0.3) is 10.9 Å². The number of primary amides is 1. The number of amides is 6. The van der Waals surface area contributed by atoms with Gasteiger partial charge in [0.05, 0.1) is 12.6 Å². The Bertz CT molecular complexity index is 1760. The van der Waals surface area contributed by atoms with Crippen molar-refractivity contribution < 1.29 is 28.8 Å². The quantitative estimate of drug-likeness (QED) is 0.155. The molecule has 6 amide bonds. The van der Waals surface area contributed by atoms with Crippen molar-refractivity contribution in [2.24, 2.45) is 17.6 Å². The summed E-state index contributed by atoms with van der Waals surface area (Å²) in [5, 5.41) is 15.1. The number of aromatic nitrogens is 1. The van der Waals surface area contributed by atoms with E-state index < -0.39 is 59.6 Å². The van der Waals surface area contributed by atoms with Gasteiger partial charge in [-0.1, -0.05) is 76.2 Å². The molecule has 0 spiro atoms. The predicted molar refractivity (Wildman–Crippen MR) is 207 cm³/mol. The summed E-state index contributed by atoms with van der Waals surface area (Å²) in [5.74, 6) is -3.08. The molecule has 1 fully saturated rings. The van der Waals surface area contributed by atoms with Crippen molar-refractivity contribution in [2.75, 3.05) is 20.1 Å². The first-order valence-electron chi connectivity index (χ1n) is 18.8. The Morgan fingerprint density at radius 3 is 2.04 bits per heavy atom. The van der Waals surface area contributed by atoms with Crippen molar-refractivity contribution in [2.45, 2.75) is 96.4 Å². The van der Waals surface area contributed by atoms with Crippen molar-refractivity contribution in [1.82, 2.24) is 36.5 Å². The van der Waals surface area contributed by atoms with Crippen molar-refractivity contribution in [3.63, 3.8) is 0 Å². The van der Waals surface area contributed by atoms with Gasteiger partial charge in [-0.3, -0.25) is 33.7 Å². The maximum Gasteiger partial charge on any atom is 0.243 e. The number of nitrogens with two attached hydrogens (primary N) is 1. The molecule has 14 heteroatoms. The molecule has 292 valence electrons. The van der Waals surface area contributed by atoms with Gasteiger partial charge in [0.2, 0.25) is 35.4 Å². The van der Waals surface area contributed by atoms with Gasteiger partial charge in [-0.15, -0.1) is 0 Å². The first kappa shape index (κ1) is 41.5. The van der Waals surface area contributed by atoms with E-state index >= 15 is 0 Å². The zero-order valence-corrected chi connectivity index (χ0v) is 31.9. The molecule has 1 unspecified atom stereocenters. The van der Waals surface area contributed by atoms with Crippen molar-refractivity contribution in [1.29, 1.82) is 0 Å². The van der Waals surface area contributed by atoms with E-state index in [1.807, 2.05) is 87.2 Å². The molecular formula is C40H56N8O6. The molecule has 0 radical (unpaired) electrons. The molecule has 1 saturated heterocycles. The second-order valence-corrected chi connectivity index (χ2v) is 15.1. The van der Waals surface area contributed by atoms with Gasteiger partial charge < -0.3 is 37.3 Å². The summed E-state index contributed by atoms with van der Waals surface area (Å²) in [6, 6.07) is 12.1. The molecule has 4 rings (SSSR count). The summed E-state index contributed by atoms with van der Waals surface area (Å²) in [4.78, 5) is 86.6. The number of H-pyrrole nitrogens is 1. The van der Waals surface area contributed by atoms with Crippen LogP contribution in [0.15, 0.2) is 60.8 Å². The number of carbonyl (C=O) groups excluding carboxylic acids is 6. The number of aromatic amines is 1. The lowest BCUT2D eigenvalue weighted by Gasteiger charge is -2.34. The summed E-state index contributed by atoms with van der Waals surface area (Å²) in [6.07, 6.45) is 2.67. The second kappa shape index (κ2) is 19.7. The van der Waals surface area contributed by atoms with Crippen LogP contribution in [-0.2, 0) is 41.6 Å². The predicted octanol–water partition coefficient (Wildman–Crippen LogP) is 1.68. The normalized spacial score (nSPS) is 22.9. The molecule has 54 heavy (non-hydrogen) atoms. The van der Waals surface area contributed by atoms with E-state index in [4.69, 9.17) is 5.73 Å². The van der Waals surface area contributed by atoms with E-state index in [9.17, 15) is 28.8 Å². The van der Waals surface area contributed by atoms with Crippen molar-refractivity contribution in [3.8, 4) is 0 Å². The molecule has 0 bridgehead atoms. The molecule has 5 atom stereocenters. The van der Waals surface area contributed by atoms with Crippen LogP contribution in [0.4, 0.5) is 0 Å². The molecule has 3 aromatic rings. The standard InChI is InChI=1S/C40H56N8O6/c1-24(2)17-28-23-48(5)34(18-25(3)4)40(54)45-31(15-16-35(41)49)38(52)47-33(20-27-21-42-30-14-10-9-13-29(27)30)39(53)46-32(19-26-11-7-6-8-12-26)37(51)43-22-36(50)44-28/h6-14,21,24-25,28,31-34,42H,15-20,22-23H2,1-5H3,(H2,41,49)(H,43,51)(H,44,50)(H,45,54)(H,46,53)(H,47,52)/t28?,31-,32-,33-,34-/m0/s1. The van der Waals surface area contributed by atoms with Crippen LogP contribution < -0.4 is 32.3 Å². The smallest absolute Gasteiger partial charge is 0.243 e. The molecule has 1 aliphatic rings. The summed E-state index contributed by atoms with van der Waals surface area (Å²) >= 11 is 0. The largest absolute Gasteiger partial charge is 0.370 e. The monoisotopic (exact) mass is 744 g/mol. The molecule has 2 heterocycles. The zero-order chi connectivity index (χ0) is 39.4. The van der Waals surface area contributed by atoms with Gasteiger partial charge in [-0.25, -0.2) is 0 Å². The average molecular weight is 745 g/mol. The minimum absolute atomic E-state index is 0.0378. The van der Waals surface area contributed by atoms with E-state index in [0.717, 1.165) is 22.0 Å². The number of hydrogen-bond acceptors (Lipinski definition) is 7. The highest BCUT2D eigenvalue weighted by Crippen LogP contribution is 2.20. The third kappa shape index (κ3) is 12.4. The number of carbonyl (C=O) groups is 6. The van der Waals surface area contributed by atoms with Crippen LogP contribution in [-0.4, -0.2) is 95.7 Å². The Kier molecular flexibility index (Phi) is 15.2.